The van der Waals surface area contributed by atoms with Crippen molar-refractivity contribution >= 4 is 29.2 Å². The molecule has 16 aromatic carbocycles. The van der Waals surface area contributed by atoms with Crippen LogP contribution in [-0.4, -0.2) is 0 Å². The molecule has 0 radical (unpaired) electrons. The van der Waals surface area contributed by atoms with Crippen LogP contribution in [0.3, 0.4) is 0 Å². The summed E-state index contributed by atoms with van der Waals surface area (Å²) in [6.07, 6.45) is 5.12. The van der Waals surface area contributed by atoms with Gasteiger partial charge in [-0.2, -0.15) is 0 Å². The van der Waals surface area contributed by atoms with Crippen molar-refractivity contribution in [1.82, 2.24) is 0 Å². The molecule has 0 aliphatic heterocycles. The van der Waals surface area contributed by atoms with E-state index in [0.29, 0.717) is 0 Å². The number of fused-ring (bicyclic) bond motifs is 16. The van der Waals surface area contributed by atoms with E-state index in [-0.39, 0.29) is 28.4 Å². The topological polar surface area (TPSA) is 21.7 Å². The molecule has 1 spiro atoms. The number of benzene rings is 16. The molecule has 20 rings (SSSR count). The lowest BCUT2D eigenvalue weighted by Gasteiger charge is -2.35. The molecule has 5 heteroatoms. The third-order valence-corrected chi connectivity index (χ3v) is 25.9. The fourth-order valence-corrected chi connectivity index (χ4v) is 20.1. The molecular weight excluding hydrogens is 1450 g/mol. The van der Waals surface area contributed by atoms with Crippen molar-refractivity contribution < 1.29 is 18.3 Å². The molecule has 119 heavy (non-hydrogen) atoms. The Bertz CT molecular complexity index is 6630. The van der Waals surface area contributed by atoms with E-state index in [1.807, 2.05) is 84.9 Å². The number of halogens is 2. The van der Waals surface area contributed by atoms with Crippen LogP contribution in [0.25, 0.3) is 56.7 Å². The van der Waals surface area contributed by atoms with E-state index in [2.05, 4.69) is 327 Å². The first-order chi connectivity index (χ1) is 57.9. The molecular formula is C114H89F2NO2. The molecule has 0 heterocycles. The van der Waals surface area contributed by atoms with Crippen LogP contribution in [0, 0.1) is 11.6 Å². The van der Waals surface area contributed by atoms with Gasteiger partial charge in [0.15, 0.2) is 0 Å². The SMILES string of the molecule is C=Cc1ccc(Oc2ccc(C3(c4ccc(C(C)(C)C)cc4)c4ccccc4-c4ccc(C(CCc5ccc6c(c5)C5(c7ccccc7-6)c6ccccc6-c6ccc(N(c7ccc(F)cc7)c7ccc8c(c7)C(c7ccc(Oc9ccc(C=C)cc9)cc7)(c7ccc(C(C)(C)C)cc7)c7ccccc7-8)cc65)c5ccc(F)cc5)cc43)cc2)cc1. The van der Waals surface area contributed by atoms with Gasteiger partial charge in [0.2, 0.25) is 0 Å². The highest BCUT2D eigenvalue weighted by Crippen LogP contribution is 2.65. The Balaban J connectivity index is 0.714. The zero-order valence-electron chi connectivity index (χ0n) is 67.7. The van der Waals surface area contributed by atoms with E-state index in [1.165, 1.54) is 89.0 Å². The van der Waals surface area contributed by atoms with Gasteiger partial charge in [0.1, 0.15) is 34.6 Å². The molecule has 576 valence electrons. The fourth-order valence-electron chi connectivity index (χ4n) is 20.1. The van der Waals surface area contributed by atoms with Crippen molar-refractivity contribution in [3.8, 4) is 67.5 Å². The Morgan fingerprint density at radius 3 is 1.02 bits per heavy atom. The van der Waals surface area contributed by atoms with E-state index in [4.69, 9.17) is 9.47 Å². The highest BCUT2D eigenvalue weighted by molar-refractivity contribution is 5.98. The predicted octanol–water partition coefficient (Wildman–Crippen LogP) is 29.7. The van der Waals surface area contributed by atoms with Crippen LogP contribution in [-0.2, 0) is 33.5 Å². The lowest BCUT2D eigenvalue weighted by atomic mass is 9.66. The molecule has 0 bridgehead atoms. The molecule has 0 fully saturated rings. The smallest absolute Gasteiger partial charge is 0.127 e. The second-order valence-corrected chi connectivity index (χ2v) is 34.5. The van der Waals surface area contributed by atoms with Gasteiger partial charge in [0.05, 0.1) is 16.2 Å². The molecule has 4 atom stereocenters. The maximum atomic E-state index is 15.7. The van der Waals surface area contributed by atoms with Crippen molar-refractivity contribution in [3.05, 3.63) is 494 Å². The molecule has 4 aliphatic carbocycles. The minimum Gasteiger partial charge on any atom is -0.457 e. The quantitative estimate of drug-likeness (QED) is 0.0855. The largest absolute Gasteiger partial charge is 0.457 e. The lowest BCUT2D eigenvalue weighted by molar-refractivity contribution is 0.482. The average molecular weight is 1540 g/mol. The standard InChI is InChI=1S/C114H89F2NO2/c1-9-73-27-56-89(57-28-73)118-91-60-44-82(45-61-91)112(80-40-36-78(37-41-80)110(3,4)5)102-23-15-11-19-94(102)99-66-35-77(70-107(99)112)93(76-33-48-84(115)49-34-76)64-31-75-32-65-98-96-21-13-17-25-104(96)114(106(98)69-75)105-26-18-14-22-97(105)101-68-55-88(72-109(101)114)117(86-52-50-85(116)51-53-86)87-54-67-100-95-20-12-16-24-103(95)113(108(100)71-87,81-42-38-79(39-43-81)111(6,7)8)83-46-62-92(63-47-83)119-90-58-29-74(10-2)30-59-90/h9-30,32-63,65-72,93H,1-2,31,64H2,3-8H3. The van der Waals surface area contributed by atoms with Crippen LogP contribution in [0.4, 0.5) is 25.8 Å². The average Bonchev–Trinajstić information content (AvgIpc) is 1.51. The van der Waals surface area contributed by atoms with Gasteiger partial charge in [-0.3, -0.25) is 0 Å². The van der Waals surface area contributed by atoms with E-state index in [9.17, 15) is 0 Å². The molecule has 0 saturated carbocycles. The normalized spacial score (nSPS) is 16.4. The highest BCUT2D eigenvalue weighted by atomic mass is 19.1. The minimum absolute atomic E-state index is 0.0629. The first-order valence-corrected chi connectivity index (χ1v) is 41.4. The molecule has 0 N–H and O–H groups in total. The second-order valence-electron chi connectivity index (χ2n) is 34.5. The Hall–Kier alpha value is -13.7. The number of hydrogen-bond donors (Lipinski definition) is 0. The summed E-state index contributed by atoms with van der Waals surface area (Å²) >= 11 is 0. The summed E-state index contributed by atoms with van der Waals surface area (Å²) in [5, 5.41) is 0. The van der Waals surface area contributed by atoms with Crippen LogP contribution in [0.2, 0.25) is 0 Å². The molecule has 16 aromatic rings. The van der Waals surface area contributed by atoms with Crippen molar-refractivity contribution in [3.63, 3.8) is 0 Å². The van der Waals surface area contributed by atoms with Crippen molar-refractivity contribution in [2.24, 2.45) is 0 Å². The van der Waals surface area contributed by atoms with E-state index >= 15 is 8.78 Å². The van der Waals surface area contributed by atoms with Gasteiger partial charge < -0.3 is 14.4 Å². The number of rotatable bonds is 18. The summed E-state index contributed by atoms with van der Waals surface area (Å²) in [4.78, 5) is 2.33. The predicted molar refractivity (Wildman–Crippen MR) is 486 cm³/mol. The van der Waals surface area contributed by atoms with Gasteiger partial charge in [-0.15, -0.1) is 0 Å². The summed E-state index contributed by atoms with van der Waals surface area (Å²) < 4.78 is 44.2. The molecule has 4 aliphatic rings. The molecule has 0 aromatic heterocycles. The summed E-state index contributed by atoms with van der Waals surface area (Å²) in [6.45, 7) is 21.5. The number of anilines is 3. The second kappa shape index (κ2) is 28.9. The van der Waals surface area contributed by atoms with Gasteiger partial charge >= 0.3 is 0 Å². The van der Waals surface area contributed by atoms with Crippen LogP contribution in [0.5, 0.6) is 23.0 Å². The number of aryl methyl sites for hydroxylation is 1. The summed E-state index contributed by atoms with van der Waals surface area (Å²) in [7, 11) is 0. The first-order valence-electron chi connectivity index (χ1n) is 41.4. The van der Waals surface area contributed by atoms with Gasteiger partial charge in [0.25, 0.3) is 0 Å². The summed E-state index contributed by atoms with van der Waals surface area (Å²) in [6, 6.07) is 130. The summed E-state index contributed by atoms with van der Waals surface area (Å²) in [5.74, 6) is 2.25. The third kappa shape index (κ3) is 12.2. The van der Waals surface area contributed by atoms with Gasteiger partial charge in [0, 0.05) is 23.0 Å². The Kier molecular flexibility index (Phi) is 18.0. The minimum atomic E-state index is -0.793. The Morgan fingerprint density at radius 1 is 0.303 bits per heavy atom. The molecule has 3 nitrogen and oxygen atoms in total. The Morgan fingerprint density at radius 2 is 0.613 bits per heavy atom. The zero-order valence-corrected chi connectivity index (χ0v) is 67.7. The zero-order chi connectivity index (χ0) is 81.1. The molecule has 0 saturated heterocycles. The van der Waals surface area contributed by atoms with Gasteiger partial charge in [-0.25, -0.2) is 8.78 Å². The third-order valence-electron chi connectivity index (χ3n) is 25.9. The maximum absolute atomic E-state index is 15.7. The molecule has 4 unspecified atom stereocenters. The number of nitrogens with zero attached hydrogens (tertiary/aromatic N) is 1. The van der Waals surface area contributed by atoms with Crippen molar-refractivity contribution in [1.29, 1.82) is 0 Å². The monoisotopic (exact) mass is 1540 g/mol. The van der Waals surface area contributed by atoms with Crippen LogP contribution in [0.15, 0.2) is 377 Å². The highest BCUT2D eigenvalue weighted by Gasteiger charge is 2.53. The van der Waals surface area contributed by atoms with Crippen molar-refractivity contribution in [2.75, 3.05) is 4.90 Å². The van der Waals surface area contributed by atoms with E-state index in [0.717, 1.165) is 114 Å². The van der Waals surface area contributed by atoms with Crippen molar-refractivity contribution in [2.45, 2.75) is 87.4 Å². The molecule has 0 amide bonds. The van der Waals surface area contributed by atoms with Crippen LogP contribution < -0.4 is 14.4 Å². The van der Waals surface area contributed by atoms with Gasteiger partial charge in [-0.05, 0) is 283 Å². The Labute approximate surface area is 697 Å². The van der Waals surface area contributed by atoms with Crippen LogP contribution in [0.1, 0.15) is 160 Å². The van der Waals surface area contributed by atoms with Gasteiger partial charge in [-0.1, -0.05) is 322 Å². The maximum Gasteiger partial charge on any atom is 0.127 e. The van der Waals surface area contributed by atoms with E-state index in [1.54, 1.807) is 24.3 Å². The first kappa shape index (κ1) is 74.1. The van der Waals surface area contributed by atoms with Crippen LogP contribution >= 0.6 is 0 Å². The van der Waals surface area contributed by atoms with E-state index < -0.39 is 16.2 Å². The fraction of sp³-hybridized carbons (Fsp3) is 0.123. The number of ether oxygens (including phenoxy) is 2. The number of hydrogen-bond acceptors (Lipinski definition) is 3. The summed E-state index contributed by atoms with van der Waals surface area (Å²) in [5.41, 5.74) is 31.8. The lowest BCUT2D eigenvalue weighted by Crippen LogP contribution is -2.29.